The number of hydrogen-bond donors (Lipinski definition) is 0. The molecule has 2 aliphatic heterocycles. The molecule has 110 valence electrons. The third-order valence-corrected chi connectivity index (χ3v) is 5.20. The van der Waals surface area contributed by atoms with E-state index in [1.807, 2.05) is 6.07 Å². The number of methoxy groups -OCH3 is 1. The molecule has 1 aromatic carbocycles. The molecule has 1 aromatic rings. The Morgan fingerprint density at radius 3 is 2.80 bits per heavy atom. The standard InChI is InChI=1S/C17H26N2O/c1-18-10-9-17-14(12-18)7-8-16(19(17)2)13-5-4-6-15(11-13)20-3/h4-6,11,14,16-17H,7-10,12H2,1-3H3/t14-,16+,17-/m0/s1. The number of hydrogen-bond acceptors (Lipinski definition) is 3. The van der Waals surface area contributed by atoms with Gasteiger partial charge in [0.2, 0.25) is 0 Å². The SMILES string of the molecule is COc1cccc([C@H]2CC[C@H]3CN(C)CC[C@@H]3N2C)c1. The topological polar surface area (TPSA) is 15.7 Å². The Hall–Kier alpha value is -1.06. The second-order valence-corrected chi connectivity index (χ2v) is 6.41. The van der Waals surface area contributed by atoms with Crippen molar-refractivity contribution in [1.82, 2.24) is 9.80 Å². The van der Waals surface area contributed by atoms with Crippen molar-refractivity contribution in [2.75, 3.05) is 34.3 Å². The number of rotatable bonds is 2. The van der Waals surface area contributed by atoms with Gasteiger partial charge in [0.15, 0.2) is 0 Å². The van der Waals surface area contributed by atoms with Crippen LogP contribution in [0.25, 0.3) is 0 Å². The van der Waals surface area contributed by atoms with Crippen LogP contribution in [0.4, 0.5) is 0 Å². The maximum Gasteiger partial charge on any atom is 0.119 e. The molecule has 2 saturated heterocycles. The summed E-state index contributed by atoms with van der Waals surface area (Å²) in [6.07, 6.45) is 3.91. The van der Waals surface area contributed by atoms with Crippen molar-refractivity contribution in [1.29, 1.82) is 0 Å². The van der Waals surface area contributed by atoms with Crippen molar-refractivity contribution < 1.29 is 4.74 Å². The van der Waals surface area contributed by atoms with Gasteiger partial charge in [-0.05, 0) is 63.5 Å². The Morgan fingerprint density at radius 2 is 2.00 bits per heavy atom. The van der Waals surface area contributed by atoms with Crippen LogP contribution in [0.2, 0.25) is 0 Å². The van der Waals surface area contributed by atoms with Gasteiger partial charge in [0.25, 0.3) is 0 Å². The van der Waals surface area contributed by atoms with Gasteiger partial charge < -0.3 is 9.64 Å². The fourth-order valence-corrected chi connectivity index (χ4v) is 4.08. The van der Waals surface area contributed by atoms with Crippen LogP contribution in [0.5, 0.6) is 5.75 Å². The minimum Gasteiger partial charge on any atom is -0.497 e. The third kappa shape index (κ3) is 2.57. The lowest BCUT2D eigenvalue weighted by atomic mass is 9.80. The number of nitrogens with zero attached hydrogens (tertiary/aromatic N) is 2. The van der Waals surface area contributed by atoms with Gasteiger partial charge in [0.05, 0.1) is 7.11 Å². The number of piperidine rings is 2. The van der Waals surface area contributed by atoms with Gasteiger partial charge in [-0.15, -0.1) is 0 Å². The molecule has 3 atom stereocenters. The van der Waals surface area contributed by atoms with Crippen molar-refractivity contribution >= 4 is 0 Å². The first-order valence-electron chi connectivity index (χ1n) is 7.73. The van der Waals surface area contributed by atoms with Crippen LogP contribution in [0, 0.1) is 5.92 Å². The summed E-state index contributed by atoms with van der Waals surface area (Å²) in [7, 11) is 6.31. The second kappa shape index (κ2) is 5.74. The van der Waals surface area contributed by atoms with E-state index in [9.17, 15) is 0 Å². The summed E-state index contributed by atoms with van der Waals surface area (Å²) in [5.41, 5.74) is 1.41. The summed E-state index contributed by atoms with van der Waals surface area (Å²) in [6, 6.07) is 9.90. The van der Waals surface area contributed by atoms with E-state index in [2.05, 4.69) is 42.1 Å². The van der Waals surface area contributed by atoms with Crippen LogP contribution in [-0.4, -0.2) is 50.1 Å². The zero-order valence-electron chi connectivity index (χ0n) is 12.9. The van der Waals surface area contributed by atoms with Gasteiger partial charge in [-0.2, -0.15) is 0 Å². The molecule has 3 heteroatoms. The molecule has 0 amide bonds. The zero-order chi connectivity index (χ0) is 14.1. The molecule has 0 saturated carbocycles. The van der Waals surface area contributed by atoms with Crippen molar-refractivity contribution in [2.45, 2.75) is 31.3 Å². The lowest BCUT2D eigenvalue weighted by Gasteiger charge is -2.49. The molecule has 3 rings (SSSR count). The normalized spacial score (nSPS) is 31.9. The average Bonchev–Trinajstić information content (AvgIpc) is 2.47. The van der Waals surface area contributed by atoms with Crippen LogP contribution in [-0.2, 0) is 0 Å². The summed E-state index contributed by atoms with van der Waals surface area (Å²) in [5, 5.41) is 0. The Kier molecular flexibility index (Phi) is 3.99. The summed E-state index contributed by atoms with van der Waals surface area (Å²) in [5.74, 6) is 1.82. The molecule has 0 unspecified atom stereocenters. The van der Waals surface area contributed by atoms with Crippen molar-refractivity contribution in [3.05, 3.63) is 29.8 Å². The Balaban J connectivity index is 1.78. The molecule has 0 radical (unpaired) electrons. The van der Waals surface area contributed by atoms with Crippen LogP contribution < -0.4 is 4.74 Å². The third-order valence-electron chi connectivity index (χ3n) is 5.20. The minimum atomic E-state index is 0.551. The highest BCUT2D eigenvalue weighted by molar-refractivity contribution is 5.31. The molecule has 0 bridgehead atoms. The van der Waals surface area contributed by atoms with Crippen LogP contribution in [0.3, 0.4) is 0 Å². The number of likely N-dealkylation sites (tertiary alicyclic amines) is 2. The summed E-state index contributed by atoms with van der Waals surface area (Å²) in [4.78, 5) is 5.11. The predicted octanol–water partition coefficient (Wildman–Crippen LogP) is 2.78. The first-order valence-corrected chi connectivity index (χ1v) is 7.73. The van der Waals surface area contributed by atoms with Gasteiger partial charge in [0.1, 0.15) is 5.75 Å². The molecule has 0 N–H and O–H groups in total. The first kappa shape index (κ1) is 13.9. The van der Waals surface area contributed by atoms with Gasteiger partial charge in [-0.25, -0.2) is 0 Å². The maximum absolute atomic E-state index is 5.38. The van der Waals surface area contributed by atoms with Crippen molar-refractivity contribution in [3.63, 3.8) is 0 Å². The molecule has 2 aliphatic rings. The van der Waals surface area contributed by atoms with Crippen molar-refractivity contribution in [2.24, 2.45) is 5.92 Å². The number of ether oxygens (including phenoxy) is 1. The highest BCUT2D eigenvalue weighted by Gasteiger charge is 2.38. The van der Waals surface area contributed by atoms with Gasteiger partial charge in [0, 0.05) is 18.6 Å². The van der Waals surface area contributed by atoms with Crippen LogP contribution in [0.1, 0.15) is 30.9 Å². The predicted molar refractivity (Wildman–Crippen MR) is 82.1 cm³/mol. The number of fused-ring (bicyclic) bond motifs is 1. The minimum absolute atomic E-state index is 0.551. The van der Waals surface area contributed by atoms with E-state index in [0.717, 1.165) is 17.7 Å². The van der Waals surface area contributed by atoms with Crippen LogP contribution >= 0.6 is 0 Å². The van der Waals surface area contributed by atoms with Gasteiger partial charge in [-0.1, -0.05) is 12.1 Å². The van der Waals surface area contributed by atoms with Crippen molar-refractivity contribution in [3.8, 4) is 5.75 Å². The Bertz CT molecular complexity index is 462. The van der Waals surface area contributed by atoms with E-state index < -0.39 is 0 Å². The molecule has 20 heavy (non-hydrogen) atoms. The highest BCUT2D eigenvalue weighted by atomic mass is 16.5. The summed E-state index contributed by atoms with van der Waals surface area (Å²) in [6.45, 7) is 2.50. The molecular formula is C17H26N2O. The molecule has 2 fully saturated rings. The average molecular weight is 274 g/mol. The lowest BCUT2D eigenvalue weighted by Crippen LogP contribution is -2.52. The summed E-state index contributed by atoms with van der Waals surface area (Å²) < 4.78 is 5.38. The quantitative estimate of drug-likeness (QED) is 0.825. The maximum atomic E-state index is 5.38. The lowest BCUT2D eigenvalue weighted by molar-refractivity contribution is 0.0119. The molecule has 0 aromatic heterocycles. The van der Waals surface area contributed by atoms with E-state index in [0.29, 0.717) is 6.04 Å². The largest absolute Gasteiger partial charge is 0.497 e. The smallest absolute Gasteiger partial charge is 0.119 e. The molecule has 3 nitrogen and oxygen atoms in total. The first-order chi connectivity index (χ1) is 9.69. The Morgan fingerprint density at radius 1 is 1.15 bits per heavy atom. The molecule has 0 aliphatic carbocycles. The second-order valence-electron chi connectivity index (χ2n) is 6.41. The number of benzene rings is 1. The van der Waals surface area contributed by atoms with E-state index >= 15 is 0 Å². The fraction of sp³-hybridized carbons (Fsp3) is 0.647. The van der Waals surface area contributed by atoms with E-state index in [4.69, 9.17) is 4.74 Å². The van der Waals surface area contributed by atoms with Gasteiger partial charge in [-0.3, -0.25) is 4.90 Å². The molecule has 0 spiro atoms. The van der Waals surface area contributed by atoms with Gasteiger partial charge >= 0.3 is 0 Å². The zero-order valence-corrected chi connectivity index (χ0v) is 12.9. The molecular weight excluding hydrogens is 248 g/mol. The van der Waals surface area contributed by atoms with E-state index in [1.165, 1.54) is 37.9 Å². The fourth-order valence-electron chi connectivity index (χ4n) is 4.08. The van der Waals surface area contributed by atoms with Crippen LogP contribution in [0.15, 0.2) is 24.3 Å². The Labute approximate surface area is 122 Å². The summed E-state index contributed by atoms with van der Waals surface area (Å²) >= 11 is 0. The highest BCUT2D eigenvalue weighted by Crippen LogP contribution is 2.39. The molecule has 2 heterocycles. The monoisotopic (exact) mass is 274 g/mol. The van der Waals surface area contributed by atoms with E-state index in [1.54, 1.807) is 7.11 Å². The van der Waals surface area contributed by atoms with E-state index in [-0.39, 0.29) is 0 Å².